The van der Waals surface area contributed by atoms with E-state index in [1.807, 2.05) is 24.3 Å². The third-order valence-electron chi connectivity index (χ3n) is 5.19. The van der Waals surface area contributed by atoms with E-state index in [2.05, 4.69) is 12.2 Å². The van der Waals surface area contributed by atoms with Crippen molar-refractivity contribution < 1.29 is 14.3 Å². The molecule has 0 aromatic heterocycles. The van der Waals surface area contributed by atoms with Gasteiger partial charge >= 0.3 is 0 Å². The molecule has 1 saturated heterocycles. The molecular formula is C20H31N3O3. The van der Waals surface area contributed by atoms with E-state index in [1.54, 1.807) is 19.1 Å². The fraction of sp³-hybridized carbons (Fsp3) is 0.600. The Kier molecular flexibility index (Phi) is 7.45. The minimum Gasteiger partial charge on any atom is -0.497 e. The van der Waals surface area contributed by atoms with E-state index in [0.29, 0.717) is 19.4 Å². The summed E-state index contributed by atoms with van der Waals surface area (Å²) < 4.78 is 5.21. The Bertz CT molecular complexity index is 603. The minimum atomic E-state index is -0.276. The zero-order valence-electron chi connectivity index (χ0n) is 16.0. The van der Waals surface area contributed by atoms with Crippen LogP contribution in [0.25, 0.3) is 0 Å². The molecule has 1 aliphatic heterocycles. The van der Waals surface area contributed by atoms with Crippen LogP contribution in [0.5, 0.6) is 5.75 Å². The summed E-state index contributed by atoms with van der Waals surface area (Å²) in [5.41, 5.74) is 6.77. The number of nitrogens with one attached hydrogen (secondary N) is 1. The van der Waals surface area contributed by atoms with Gasteiger partial charge in [0.15, 0.2) is 0 Å². The van der Waals surface area contributed by atoms with E-state index in [9.17, 15) is 9.59 Å². The largest absolute Gasteiger partial charge is 0.497 e. The summed E-state index contributed by atoms with van der Waals surface area (Å²) in [6.45, 7) is 2.55. The highest BCUT2D eigenvalue weighted by Crippen LogP contribution is 2.36. The summed E-state index contributed by atoms with van der Waals surface area (Å²) in [6, 6.07) is 7.29. The number of ether oxygens (including phenoxy) is 1. The van der Waals surface area contributed by atoms with Crippen LogP contribution >= 0.6 is 0 Å². The van der Waals surface area contributed by atoms with Crippen molar-refractivity contribution in [1.82, 2.24) is 10.2 Å². The number of rotatable bonds is 8. The molecular weight excluding hydrogens is 330 g/mol. The van der Waals surface area contributed by atoms with Crippen molar-refractivity contribution in [3.8, 4) is 5.75 Å². The van der Waals surface area contributed by atoms with Crippen LogP contribution in [-0.4, -0.2) is 43.5 Å². The number of carbonyl (C=O) groups excluding carboxylic acids is 2. The van der Waals surface area contributed by atoms with Crippen LogP contribution in [0.4, 0.5) is 0 Å². The molecule has 1 fully saturated rings. The molecule has 1 aliphatic rings. The third-order valence-corrected chi connectivity index (χ3v) is 5.19. The number of nitrogens with zero attached hydrogens (tertiary/aromatic N) is 1. The number of amides is 2. The number of hydrogen-bond donors (Lipinski definition) is 2. The molecule has 3 atom stereocenters. The highest BCUT2D eigenvalue weighted by atomic mass is 16.5. The van der Waals surface area contributed by atoms with Gasteiger partial charge in [0.05, 0.1) is 19.1 Å². The summed E-state index contributed by atoms with van der Waals surface area (Å²) in [6.07, 6.45) is 3.93. The lowest BCUT2D eigenvalue weighted by Crippen LogP contribution is -2.49. The van der Waals surface area contributed by atoms with Crippen molar-refractivity contribution >= 4 is 11.8 Å². The maximum Gasteiger partial charge on any atom is 0.225 e. The molecule has 3 unspecified atom stereocenters. The van der Waals surface area contributed by atoms with Gasteiger partial charge in [-0.1, -0.05) is 31.9 Å². The summed E-state index contributed by atoms with van der Waals surface area (Å²) in [4.78, 5) is 26.9. The Balaban J connectivity index is 2.19. The van der Waals surface area contributed by atoms with Gasteiger partial charge in [-0.05, 0) is 30.5 Å². The normalized spacial score (nSPS) is 21.4. The maximum atomic E-state index is 13.0. The number of nitrogens with two attached hydrogens (primary N) is 1. The van der Waals surface area contributed by atoms with Crippen LogP contribution in [-0.2, 0) is 9.59 Å². The molecule has 6 nitrogen and oxygen atoms in total. The van der Waals surface area contributed by atoms with E-state index in [4.69, 9.17) is 10.5 Å². The van der Waals surface area contributed by atoms with Crippen LogP contribution in [0.1, 0.15) is 50.6 Å². The first kappa shape index (κ1) is 20.2. The fourth-order valence-corrected chi connectivity index (χ4v) is 3.58. The molecule has 1 aromatic carbocycles. The second-order valence-electron chi connectivity index (χ2n) is 6.95. The molecule has 6 heteroatoms. The molecule has 1 aromatic rings. The van der Waals surface area contributed by atoms with Gasteiger partial charge in [0.1, 0.15) is 5.75 Å². The zero-order valence-corrected chi connectivity index (χ0v) is 16.0. The Morgan fingerprint density at radius 2 is 2.08 bits per heavy atom. The van der Waals surface area contributed by atoms with E-state index < -0.39 is 0 Å². The molecule has 1 heterocycles. The predicted molar refractivity (Wildman–Crippen MR) is 102 cm³/mol. The van der Waals surface area contributed by atoms with E-state index >= 15 is 0 Å². The Morgan fingerprint density at radius 1 is 1.38 bits per heavy atom. The van der Waals surface area contributed by atoms with Crippen LogP contribution in [0.2, 0.25) is 0 Å². The highest BCUT2D eigenvalue weighted by molar-refractivity contribution is 5.85. The number of likely N-dealkylation sites (tertiary alicyclic amines) is 1. The first-order valence-electron chi connectivity index (χ1n) is 9.41. The fourth-order valence-electron chi connectivity index (χ4n) is 3.58. The monoisotopic (exact) mass is 361 g/mol. The van der Waals surface area contributed by atoms with Gasteiger partial charge < -0.3 is 20.7 Å². The van der Waals surface area contributed by atoms with Crippen LogP contribution in [0.15, 0.2) is 24.3 Å². The summed E-state index contributed by atoms with van der Waals surface area (Å²) >= 11 is 0. The standard InChI is InChI=1S/C20H31N3O3/c1-4-5-6-15(13-21)22-20(25)17-11-12-18(24)23(2)19(17)14-7-9-16(26-3)10-8-14/h7-10,15,17,19H,4-6,11-13,21H2,1-3H3,(H,22,25). The smallest absolute Gasteiger partial charge is 0.225 e. The average molecular weight is 361 g/mol. The quantitative estimate of drug-likeness (QED) is 0.744. The summed E-state index contributed by atoms with van der Waals surface area (Å²) in [5.74, 6) is 0.525. The van der Waals surface area contributed by atoms with Gasteiger partial charge in [0.2, 0.25) is 11.8 Å². The van der Waals surface area contributed by atoms with Gasteiger partial charge in [-0.2, -0.15) is 0 Å². The number of methoxy groups -OCH3 is 1. The number of unbranched alkanes of at least 4 members (excludes halogenated alkanes) is 1. The Hall–Kier alpha value is -2.08. The van der Waals surface area contributed by atoms with Crippen molar-refractivity contribution in [2.45, 2.75) is 51.1 Å². The van der Waals surface area contributed by atoms with Crippen LogP contribution in [0.3, 0.4) is 0 Å². The van der Waals surface area contributed by atoms with E-state index in [0.717, 1.165) is 30.6 Å². The second-order valence-corrected chi connectivity index (χ2v) is 6.95. The lowest BCUT2D eigenvalue weighted by molar-refractivity contribution is -0.141. The van der Waals surface area contributed by atoms with Gasteiger partial charge in [0, 0.05) is 26.1 Å². The average Bonchev–Trinajstić information content (AvgIpc) is 2.67. The minimum absolute atomic E-state index is 0.0121. The lowest BCUT2D eigenvalue weighted by Gasteiger charge is -2.39. The van der Waals surface area contributed by atoms with Gasteiger partial charge in [0.25, 0.3) is 0 Å². The first-order chi connectivity index (χ1) is 12.5. The number of benzene rings is 1. The van der Waals surface area contributed by atoms with Gasteiger partial charge in [-0.15, -0.1) is 0 Å². The van der Waals surface area contributed by atoms with Crippen molar-refractivity contribution in [2.75, 3.05) is 20.7 Å². The maximum absolute atomic E-state index is 13.0. The SMILES string of the molecule is CCCCC(CN)NC(=O)C1CCC(=O)N(C)C1c1ccc(OC)cc1. The topological polar surface area (TPSA) is 84.7 Å². The lowest BCUT2D eigenvalue weighted by atomic mass is 9.83. The van der Waals surface area contributed by atoms with Gasteiger partial charge in [-0.25, -0.2) is 0 Å². The number of piperidine rings is 1. The van der Waals surface area contributed by atoms with Crippen molar-refractivity contribution in [3.63, 3.8) is 0 Å². The Labute approximate surface area is 156 Å². The predicted octanol–water partition coefficient (Wildman–Crippen LogP) is 2.24. The van der Waals surface area contributed by atoms with Crippen molar-refractivity contribution in [3.05, 3.63) is 29.8 Å². The molecule has 2 rings (SSSR count). The molecule has 0 spiro atoms. The molecule has 0 bridgehead atoms. The van der Waals surface area contributed by atoms with E-state index in [1.165, 1.54) is 0 Å². The zero-order chi connectivity index (χ0) is 19.1. The van der Waals surface area contributed by atoms with Crippen molar-refractivity contribution in [2.24, 2.45) is 11.7 Å². The van der Waals surface area contributed by atoms with E-state index in [-0.39, 0.29) is 29.8 Å². The van der Waals surface area contributed by atoms with Crippen LogP contribution < -0.4 is 15.8 Å². The molecule has 0 saturated carbocycles. The third kappa shape index (κ3) is 4.75. The molecule has 144 valence electrons. The molecule has 0 radical (unpaired) electrons. The number of hydrogen-bond acceptors (Lipinski definition) is 4. The first-order valence-corrected chi connectivity index (χ1v) is 9.41. The van der Waals surface area contributed by atoms with Crippen molar-refractivity contribution in [1.29, 1.82) is 0 Å². The highest BCUT2D eigenvalue weighted by Gasteiger charge is 2.39. The second kappa shape index (κ2) is 9.57. The van der Waals surface area contributed by atoms with Gasteiger partial charge in [-0.3, -0.25) is 9.59 Å². The summed E-state index contributed by atoms with van der Waals surface area (Å²) in [7, 11) is 3.39. The van der Waals surface area contributed by atoms with Crippen LogP contribution in [0, 0.1) is 5.92 Å². The summed E-state index contributed by atoms with van der Waals surface area (Å²) in [5, 5.41) is 3.10. The number of carbonyl (C=O) groups is 2. The Morgan fingerprint density at radius 3 is 2.65 bits per heavy atom. The molecule has 0 aliphatic carbocycles. The molecule has 26 heavy (non-hydrogen) atoms. The molecule has 3 N–H and O–H groups in total. The molecule has 2 amide bonds.